The Morgan fingerprint density at radius 2 is 2.14 bits per heavy atom. The lowest BCUT2D eigenvalue weighted by molar-refractivity contribution is 0.0950. The Bertz CT molecular complexity index is 743. The van der Waals surface area contributed by atoms with E-state index in [1.807, 2.05) is 5.38 Å². The van der Waals surface area contributed by atoms with Crippen molar-refractivity contribution in [2.45, 2.75) is 6.54 Å². The van der Waals surface area contributed by atoms with Crippen LogP contribution in [0.15, 0.2) is 36.5 Å². The zero-order chi connectivity index (χ0) is 14.7. The number of halogens is 1. The summed E-state index contributed by atoms with van der Waals surface area (Å²) in [4.78, 5) is 20.3. The van der Waals surface area contributed by atoms with Gasteiger partial charge in [0, 0.05) is 17.8 Å². The van der Waals surface area contributed by atoms with E-state index in [1.165, 1.54) is 30.2 Å². The van der Waals surface area contributed by atoms with E-state index in [-0.39, 0.29) is 5.91 Å². The van der Waals surface area contributed by atoms with E-state index in [4.69, 9.17) is 11.6 Å². The third-order valence-electron chi connectivity index (χ3n) is 2.63. The Balaban J connectivity index is 1.74. The number of hydrogen-bond donors (Lipinski definition) is 1. The van der Waals surface area contributed by atoms with Crippen LogP contribution in [0.5, 0.6) is 0 Å². The quantitative estimate of drug-likeness (QED) is 0.790. The first-order chi connectivity index (χ1) is 10.2. The third kappa shape index (κ3) is 3.06. The Morgan fingerprint density at radius 3 is 2.81 bits per heavy atom. The third-order valence-corrected chi connectivity index (χ3v) is 3.69. The molecule has 106 valence electrons. The Hall–Kier alpha value is -2.32. The SMILES string of the molecule is O=C(NCc1nccs1)c1cnc(-n2cnnc2)c(Cl)c1. The second-order valence-electron chi connectivity index (χ2n) is 4.01. The molecule has 0 saturated heterocycles. The van der Waals surface area contributed by atoms with Crippen molar-refractivity contribution in [1.29, 1.82) is 0 Å². The number of carbonyl (C=O) groups excluding carboxylic acids is 1. The van der Waals surface area contributed by atoms with Crippen molar-refractivity contribution in [2.75, 3.05) is 0 Å². The lowest BCUT2D eigenvalue weighted by Crippen LogP contribution is -2.23. The van der Waals surface area contributed by atoms with Gasteiger partial charge in [-0.25, -0.2) is 9.97 Å². The van der Waals surface area contributed by atoms with Crippen LogP contribution in [-0.2, 0) is 6.54 Å². The fourth-order valence-corrected chi connectivity index (χ4v) is 2.47. The maximum atomic E-state index is 12.0. The van der Waals surface area contributed by atoms with Gasteiger partial charge in [0.25, 0.3) is 5.91 Å². The van der Waals surface area contributed by atoms with Gasteiger partial charge in [0.15, 0.2) is 5.82 Å². The number of aromatic nitrogens is 5. The molecule has 0 spiro atoms. The summed E-state index contributed by atoms with van der Waals surface area (Å²) in [6, 6.07) is 1.56. The fraction of sp³-hybridized carbons (Fsp3) is 0.0833. The molecular formula is C12H9ClN6OS. The van der Waals surface area contributed by atoms with Crippen LogP contribution < -0.4 is 5.32 Å². The molecule has 0 unspecified atom stereocenters. The molecule has 0 saturated carbocycles. The Labute approximate surface area is 128 Å². The van der Waals surface area contributed by atoms with Crippen molar-refractivity contribution >= 4 is 28.8 Å². The highest BCUT2D eigenvalue weighted by Crippen LogP contribution is 2.18. The number of carbonyl (C=O) groups is 1. The van der Waals surface area contributed by atoms with Crippen LogP contribution in [0.3, 0.4) is 0 Å². The molecule has 7 nitrogen and oxygen atoms in total. The van der Waals surface area contributed by atoms with Gasteiger partial charge >= 0.3 is 0 Å². The van der Waals surface area contributed by atoms with E-state index in [0.717, 1.165) is 5.01 Å². The predicted octanol–water partition coefficient (Wildman–Crippen LogP) is 1.70. The van der Waals surface area contributed by atoms with Crippen LogP contribution in [0.2, 0.25) is 5.02 Å². The van der Waals surface area contributed by atoms with Crippen LogP contribution in [0, 0.1) is 0 Å². The molecule has 9 heteroatoms. The van der Waals surface area contributed by atoms with Crippen LogP contribution in [0.25, 0.3) is 5.82 Å². The standard InChI is InChI=1S/C12H9ClN6OS/c13-9-3-8(4-15-11(9)19-6-17-18-7-19)12(20)16-5-10-14-1-2-21-10/h1-4,6-7H,5H2,(H,16,20). The Kier molecular flexibility index (Phi) is 3.89. The molecule has 0 aromatic carbocycles. The lowest BCUT2D eigenvalue weighted by Gasteiger charge is -2.06. The molecule has 0 atom stereocenters. The highest BCUT2D eigenvalue weighted by Gasteiger charge is 2.11. The van der Waals surface area contributed by atoms with E-state index in [9.17, 15) is 4.79 Å². The molecule has 3 aromatic rings. The normalized spacial score (nSPS) is 10.5. The predicted molar refractivity (Wildman–Crippen MR) is 77.4 cm³/mol. The van der Waals surface area contributed by atoms with E-state index in [1.54, 1.807) is 16.8 Å². The molecule has 0 radical (unpaired) electrons. The average molecular weight is 321 g/mol. The van der Waals surface area contributed by atoms with Crippen molar-refractivity contribution in [1.82, 2.24) is 30.0 Å². The largest absolute Gasteiger partial charge is 0.345 e. The fourth-order valence-electron chi connectivity index (χ4n) is 1.65. The molecule has 1 N–H and O–H groups in total. The van der Waals surface area contributed by atoms with E-state index in [0.29, 0.717) is 22.9 Å². The second-order valence-corrected chi connectivity index (χ2v) is 5.39. The zero-order valence-electron chi connectivity index (χ0n) is 10.6. The molecular weight excluding hydrogens is 312 g/mol. The highest BCUT2D eigenvalue weighted by atomic mass is 35.5. The van der Waals surface area contributed by atoms with E-state index < -0.39 is 0 Å². The number of pyridine rings is 1. The maximum Gasteiger partial charge on any atom is 0.253 e. The van der Waals surface area contributed by atoms with Gasteiger partial charge in [-0.05, 0) is 6.07 Å². The number of hydrogen-bond acceptors (Lipinski definition) is 6. The molecule has 0 bridgehead atoms. The van der Waals surface area contributed by atoms with Crippen LogP contribution in [-0.4, -0.2) is 30.6 Å². The minimum absolute atomic E-state index is 0.255. The molecule has 21 heavy (non-hydrogen) atoms. The molecule has 3 aromatic heterocycles. The van der Waals surface area contributed by atoms with Gasteiger partial charge in [-0.15, -0.1) is 21.5 Å². The van der Waals surface area contributed by atoms with Gasteiger partial charge in [0.2, 0.25) is 0 Å². The van der Waals surface area contributed by atoms with Gasteiger partial charge in [-0.2, -0.15) is 0 Å². The maximum absolute atomic E-state index is 12.0. The number of thiazole rings is 1. The summed E-state index contributed by atoms with van der Waals surface area (Å²) >= 11 is 7.61. The van der Waals surface area contributed by atoms with Gasteiger partial charge < -0.3 is 5.32 Å². The summed E-state index contributed by atoms with van der Waals surface area (Å²) in [7, 11) is 0. The number of nitrogens with one attached hydrogen (secondary N) is 1. The number of amides is 1. The van der Waals surface area contributed by atoms with Gasteiger partial charge in [0.1, 0.15) is 17.7 Å². The molecule has 0 aliphatic rings. The first kappa shape index (κ1) is 13.7. The Morgan fingerprint density at radius 1 is 1.33 bits per heavy atom. The van der Waals surface area contributed by atoms with Crippen LogP contribution in [0.4, 0.5) is 0 Å². The average Bonchev–Trinajstić information content (AvgIpc) is 3.17. The van der Waals surface area contributed by atoms with E-state index >= 15 is 0 Å². The van der Waals surface area contributed by atoms with E-state index in [2.05, 4.69) is 25.5 Å². The number of nitrogens with zero attached hydrogens (tertiary/aromatic N) is 5. The summed E-state index contributed by atoms with van der Waals surface area (Å²) < 4.78 is 1.57. The molecule has 0 fully saturated rings. The van der Waals surface area contributed by atoms with Crippen molar-refractivity contribution in [3.63, 3.8) is 0 Å². The van der Waals surface area contributed by atoms with Gasteiger partial charge in [0.05, 0.1) is 17.1 Å². The molecule has 0 aliphatic carbocycles. The topological polar surface area (TPSA) is 85.6 Å². The minimum atomic E-state index is -0.255. The highest BCUT2D eigenvalue weighted by molar-refractivity contribution is 7.09. The molecule has 0 aliphatic heterocycles. The monoisotopic (exact) mass is 320 g/mol. The first-order valence-corrected chi connectivity index (χ1v) is 7.17. The minimum Gasteiger partial charge on any atom is -0.345 e. The van der Waals surface area contributed by atoms with Gasteiger partial charge in [-0.1, -0.05) is 11.6 Å². The van der Waals surface area contributed by atoms with Crippen LogP contribution in [0.1, 0.15) is 15.4 Å². The second kappa shape index (κ2) is 5.98. The first-order valence-electron chi connectivity index (χ1n) is 5.91. The summed E-state index contributed by atoms with van der Waals surface area (Å²) in [6.07, 6.45) is 6.11. The number of rotatable bonds is 4. The van der Waals surface area contributed by atoms with Crippen molar-refractivity contribution in [3.05, 3.63) is 52.1 Å². The van der Waals surface area contributed by atoms with Crippen molar-refractivity contribution in [2.24, 2.45) is 0 Å². The smallest absolute Gasteiger partial charge is 0.253 e. The zero-order valence-corrected chi connectivity index (χ0v) is 12.2. The summed E-state index contributed by atoms with van der Waals surface area (Å²) in [5, 5.41) is 13.2. The molecule has 3 rings (SSSR count). The lowest BCUT2D eigenvalue weighted by atomic mass is 10.2. The molecule has 3 heterocycles. The van der Waals surface area contributed by atoms with Crippen LogP contribution >= 0.6 is 22.9 Å². The summed E-state index contributed by atoms with van der Waals surface area (Å²) in [6.45, 7) is 0.376. The summed E-state index contributed by atoms with van der Waals surface area (Å²) in [5.41, 5.74) is 0.383. The van der Waals surface area contributed by atoms with Crippen molar-refractivity contribution in [3.8, 4) is 5.82 Å². The molecule has 1 amide bonds. The summed E-state index contributed by atoms with van der Waals surface area (Å²) in [5.74, 6) is 0.216. The van der Waals surface area contributed by atoms with Gasteiger partial charge in [-0.3, -0.25) is 9.36 Å². The van der Waals surface area contributed by atoms with Crippen molar-refractivity contribution < 1.29 is 4.79 Å².